The lowest BCUT2D eigenvalue weighted by molar-refractivity contribution is -0.0553. The number of hydrogen-bond acceptors (Lipinski definition) is 6. The van der Waals surface area contributed by atoms with E-state index in [2.05, 4.69) is 20.1 Å². The van der Waals surface area contributed by atoms with E-state index in [1.54, 1.807) is 0 Å². The van der Waals surface area contributed by atoms with Gasteiger partial charge in [-0.3, -0.25) is 9.89 Å². The molecule has 2 atom stereocenters. The molecule has 2 unspecified atom stereocenters. The van der Waals surface area contributed by atoms with Crippen molar-refractivity contribution in [3.05, 3.63) is 6.23 Å². The van der Waals surface area contributed by atoms with Crippen LogP contribution >= 0.6 is 0 Å². The Morgan fingerprint density at radius 1 is 1.20 bits per heavy atom. The van der Waals surface area contributed by atoms with Crippen LogP contribution in [0.5, 0.6) is 0 Å². The smallest absolute Gasteiger partial charge is 0.234 e. The van der Waals surface area contributed by atoms with Crippen LogP contribution in [-0.2, 0) is 9.47 Å². The van der Waals surface area contributed by atoms with Crippen LogP contribution in [0.25, 0.3) is 0 Å². The van der Waals surface area contributed by atoms with Gasteiger partial charge in [0.25, 0.3) is 0 Å². The van der Waals surface area contributed by atoms with Crippen molar-refractivity contribution >= 4 is 5.84 Å². The number of nitrogens with zero attached hydrogens (tertiary/aromatic N) is 3. The third kappa shape index (κ3) is 2.24. The Bertz CT molecular complexity index is 377. The third-order valence-electron chi connectivity index (χ3n) is 4.58. The van der Waals surface area contributed by atoms with E-state index in [9.17, 15) is 0 Å². The minimum Gasteiger partial charge on any atom is -0.368 e. The molecule has 0 amide bonds. The molecule has 4 rings (SSSR count). The topological polar surface area (TPSA) is 49.3 Å². The molecule has 4 aliphatic heterocycles. The van der Waals surface area contributed by atoms with Gasteiger partial charge in [0.15, 0.2) is 5.84 Å². The van der Waals surface area contributed by atoms with Crippen LogP contribution in [0, 0.1) is 6.23 Å². The Kier molecular flexibility index (Phi) is 3.64. The van der Waals surface area contributed by atoms with Gasteiger partial charge < -0.3 is 14.8 Å². The highest BCUT2D eigenvalue weighted by molar-refractivity contribution is 5.94. The van der Waals surface area contributed by atoms with Gasteiger partial charge in [0.2, 0.25) is 6.23 Å². The lowest BCUT2D eigenvalue weighted by Crippen LogP contribution is -2.52. The highest BCUT2D eigenvalue weighted by Crippen LogP contribution is 2.34. The average molecular weight is 279 g/mol. The molecular weight excluding hydrogens is 256 g/mol. The van der Waals surface area contributed by atoms with Crippen molar-refractivity contribution in [1.82, 2.24) is 15.1 Å². The Morgan fingerprint density at radius 2 is 2.10 bits per heavy atom. The van der Waals surface area contributed by atoms with Crippen LogP contribution in [-0.4, -0.2) is 67.4 Å². The maximum absolute atomic E-state index is 6.01. The van der Waals surface area contributed by atoms with Gasteiger partial charge >= 0.3 is 0 Å². The van der Waals surface area contributed by atoms with E-state index in [1.165, 1.54) is 25.9 Å². The zero-order valence-corrected chi connectivity index (χ0v) is 11.9. The minimum atomic E-state index is 0.156. The van der Waals surface area contributed by atoms with E-state index in [0.29, 0.717) is 6.17 Å². The molecule has 1 N–H and O–H groups in total. The largest absolute Gasteiger partial charge is 0.368 e. The lowest BCUT2D eigenvalue weighted by atomic mass is 10.2. The van der Waals surface area contributed by atoms with Crippen LogP contribution in [0.4, 0.5) is 0 Å². The summed E-state index contributed by atoms with van der Waals surface area (Å²) in [6.45, 7) is 5.69. The Labute approximate surface area is 120 Å². The number of amidine groups is 1. The van der Waals surface area contributed by atoms with E-state index in [-0.39, 0.29) is 6.23 Å². The third-order valence-corrected chi connectivity index (χ3v) is 4.58. The molecule has 3 fully saturated rings. The molecule has 0 saturated carbocycles. The minimum absolute atomic E-state index is 0.156. The maximum Gasteiger partial charge on any atom is 0.234 e. The molecule has 0 aromatic rings. The highest BCUT2D eigenvalue weighted by Gasteiger charge is 2.47. The van der Waals surface area contributed by atoms with Crippen molar-refractivity contribution in [2.75, 3.05) is 39.4 Å². The lowest BCUT2D eigenvalue weighted by Gasteiger charge is -2.35. The van der Waals surface area contributed by atoms with Gasteiger partial charge in [-0.2, -0.15) is 0 Å². The number of ether oxygens (including phenoxy) is 2. The number of nitrogens with one attached hydrogen (secondary N) is 1. The molecule has 0 aliphatic carbocycles. The summed E-state index contributed by atoms with van der Waals surface area (Å²) in [7, 11) is 0. The van der Waals surface area contributed by atoms with Crippen molar-refractivity contribution in [1.29, 1.82) is 0 Å². The summed E-state index contributed by atoms with van der Waals surface area (Å²) in [4.78, 5) is 9.40. The first-order chi connectivity index (χ1) is 9.93. The molecule has 1 radical (unpaired) electrons. The monoisotopic (exact) mass is 279 g/mol. The molecule has 0 aromatic carbocycles. The molecule has 3 saturated heterocycles. The van der Waals surface area contributed by atoms with Crippen molar-refractivity contribution < 1.29 is 9.47 Å². The fraction of sp³-hybridized carbons (Fsp3) is 0.857. The van der Waals surface area contributed by atoms with Gasteiger partial charge in [-0.1, -0.05) is 0 Å². The molecule has 6 heteroatoms. The maximum atomic E-state index is 6.01. The summed E-state index contributed by atoms with van der Waals surface area (Å²) in [6.07, 6.45) is 6.20. The summed E-state index contributed by atoms with van der Waals surface area (Å²) in [5, 5.41) is 3.34. The van der Waals surface area contributed by atoms with Crippen LogP contribution in [0.3, 0.4) is 0 Å². The normalized spacial score (nSPS) is 36.7. The first-order valence-corrected chi connectivity index (χ1v) is 7.86. The molecular formula is C14H23N4O2. The van der Waals surface area contributed by atoms with Gasteiger partial charge in [-0.15, -0.1) is 0 Å². The molecule has 6 nitrogen and oxygen atoms in total. The van der Waals surface area contributed by atoms with E-state index in [4.69, 9.17) is 9.47 Å². The number of aliphatic imine (C=N–C) groups is 1. The summed E-state index contributed by atoms with van der Waals surface area (Å²) in [5.74, 6) is 0.919. The quantitative estimate of drug-likeness (QED) is 0.809. The highest BCUT2D eigenvalue weighted by atomic mass is 16.5. The molecule has 20 heavy (non-hydrogen) atoms. The predicted molar refractivity (Wildman–Crippen MR) is 74.9 cm³/mol. The van der Waals surface area contributed by atoms with Crippen molar-refractivity contribution in [2.24, 2.45) is 4.99 Å². The van der Waals surface area contributed by atoms with Crippen molar-refractivity contribution in [3.8, 4) is 0 Å². The van der Waals surface area contributed by atoms with Crippen LogP contribution in [0.2, 0.25) is 0 Å². The zero-order valence-electron chi connectivity index (χ0n) is 11.9. The van der Waals surface area contributed by atoms with Crippen LogP contribution < -0.4 is 5.32 Å². The van der Waals surface area contributed by atoms with Crippen LogP contribution in [0.1, 0.15) is 25.7 Å². The fourth-order valence-corrected chi connectivity index (χ4v) is 3.60. The fourth-order valence-electron chi connectivity index (χ4n) is 3.60. The van der Waals surface area contributed by atoms with Gasteiger partial charge in [0.1, 0.15) is 6.23 Å². The number of rotatable bonds is 3. The summed E-state index contributed by atoms with van der Waals surface area (Å²) >= 11 is 0. The second-order valence-electron chi connectivity index (χ2n) is 5.87. The Morgan fingerprint density at radius 3 is 2.80 bits per heavy atom. The van der Waals surface area contributed by atoms with E-state index in [0.717, 1.165) is 51.2 Å². The van der Waals surface area contributed by atoms with Crippen molar-refractivity contribution in [2.45, 2.75) is 38.1 Å². The molecule has 0 bridgehead atoms. The van der Waals surface area contributed by atoms with E-state index >= 15 is 0 Å². The van der Waals surface area contributed by atoms with Crippen molar-refractivity contribution in [3.63, 3.8) is 0 Å². The Hall–Kier alpha value is -0.690. The van der Waals surface area contributed by atoms with Gasteiger partial charge in [-0.05, 0) is 38.8 Å². The summed E-state index contributed by atoms with van der Waals surface area (Å²) < 4.78 is 11.9. The van der Waals surface area contributed by atoms with E-state index in [1.807, 2.05) is 0 Å². The molecule has 4 heterocycles. The first-order valence-electron chi connectivity index (χ1n) is 7.86. The summed E-state index contributed by atoms with van der Waals surface area (Å²) in [5.41, 5.74) is 0. The Balaban J connectivity index is 1.56. The second kappa shape index (κ2) is 5.60. The molecule has 111 valence electrons. The number of hydrogen-bond donors (Lipinski definition) is 1. The molecule has 0 aromatic heterocycles. The van der Waals surface area contributed by atoms with Gasteiger partial charge in [0, 0.05) is 13.2 Å². The predicted octanol–water partition coefficient (Wildman–Crippen LogP) is 0.368. The standard InChI is InChI=1S/C14H23N4O2/c1-2-8-17(7-1)11-10-20-14(13-15-5-6-16-13)18(11)12-4-3-9-19-12/h11-12H,1-10H2,(H,15,16). The van der Waals surface area contributed by atoms with Gasteiger partial charge in [0.05, 0.1) is 19.3 Å². The summed E-state index contributed by atoms with van der Waals surface area (Å²) in [6, 6.07) is 0. The number of likely N-dealkylation sites (tertiary alicyclic amines) is 1. The zero-order chi connectivity index (χ0) is 13.4. The molecule has 0 spiro atoms. The SMILES string of the molecule is C1COC(N2[C](C3=NCCN3)OCC2N2CCCC2)C1. The first kappa shape index (κ1) is 13.0. The van der Waals surface area contributed by atoms with Crippen LogP contribution in [0.15, 0.2) is 4.99 Å². The molecule has 4 aliphatic rings. The average Bonchev–Trinajstić information content (AvgIpc) is 3.23. The van der Waals surface area contributed by atoms with E-state index < -0.39 is 0 Å². The second-order valence-corrected chi connectivity index (χ2v) is 5.87. The van der Waals surface area contributed by atoms with Gasteiger partial charge in [-0.25, -0.2) is 4.90 Å².